The van der Waals surface area contributed by atoms with Crippen LogP contribution in [0.25, 0.3) is 0 Å². The highest BCUT2D eigenvalue weighted by Gasteiger charge is 2.21. The van der Waals surface area contributed by atoms with Crippen LogP contribution in [0.4, 0.5) is 0 Å². The average Bonchev–Trinajstić information content (AvgIpc) is 2.99. The largest absolute Gasteiger partial charge is 0.491 e. The third-order valence-electron chi connectivity index (χ3n) is 4.31. The van der Waals surface area contributed by atoms with Crippen LogP contribution in [0.5, 0.6) is 5.75 Å². The van der Waals surface area contributed by atoms with Crippen molar-refractivity contribution in [2.24, 2.45) is 0 Å². The SMILES string of the molecule is O=C(c1cnn(Cc2ccccc2)c1)N1CCOc2ccccc2C1. The predicted octanol–water partition coefficient (Wildman–Crippen LogP) is 2.97. The fourth-order valence-corrected chi connectivity index (χ4v) is 3.01. The average molecular weight is 333 g/mol. The second-order valence-electron chi connectivity index (χ2n) is 6.10. The second-order valence-corrected chi connectivity index (χ2v) is 6.10. The molecule has 5 heteroatoms. The number of para-hydroxylation sites is 1. The number of hydrogen-bond donors (Lipinski definition) is 0. The summed E-state index contributed by atoms with van der Waals surface area (Å²) in [5.74, 6) is 0.845. The molecule has 5 nitrogen and oxygen atoms in total. The monoisotopic (exact) mass is 333 g/mol. The number of aromatic nitrogens is 2. The molecule has 0 N–H and O–H groups in total. The van der Waals surface area contributed by atoms with E-state index in [4.69, 9.17) is 4.74 Å². The Balaban J connectivity index is 1.50. The number of hydrogen-bond acceptors (Lipinski definition) is 3. The van der Waals surface area contributed by atoms with E-state index in [1.807, 2.05) is 65.7 Å². The van der Waals surface area contributed by atoms with Gasteiger partial charge in [-0.2, -0.15) is 5.10 Å². The maximum Gasteiger partial charge on any atom is 0.257 e. The van der Waals surface area contributed by atoms with Gasteiger partial charge < -0.3 is 9.64 Å². The van der Waals surface area contributed by atoms with Gasteiger partial charge in [-0.3, -0.25) is 9.48 Å². The molecule has 0 saturated heterocycles. The molecule has 1 amide bonds. The molecule has 0 unspecified atom stereocenters. The smallest absolute Gasteiger partial charge is 0.257 e. The lowest BCUT2D eigenvalue weighted by Gasteiger charge is -2.18. The molecule has 0 spiro atoms. The van der Waals surface area contributed by atoms with E-state index in [-0.39, 0.29) is 5.91 Å². The maximum absolute atomic E-state index is 12.8. The Morgan fingerprint density at radius 1 is 1.08 bits per heavy atom. The molecule has 0 aliphatic carbocycles. The normalized spacial score (nSPS) is 13.7. The van der Waals surface area contributed by atoms with Gasteiger partial charge in [0.2, 0.25) is 0 Å². The third kappa shape index (κ3) is 3.40. The van der Waals surface area contributed by atoms with Crippen molar-refractivity contribution >= 4 is 5.91 Å². The first kappa shape index (κ1) is 15.4. The van der Waals surface area contributed by atoms with Crippen LogP contribution in [-0.2, 0) is 13.1 Å². The first-order valence-electron chi connectivity index (χ1n) is 8.36. The summed E-state index contributed by atoms with van der Waals surface area (Å²) in [4.78, 5) is 14.7. The summed E-state index contributed by atoms with van der Waals surface area (Å²) in [5.41, 5.74) is 2.79. The standard InChI is InChI=1S/C20H19N3O2/c24-20(22-10-11-25-19-9-5-4-8-17(19)14-22)18-12-21-23(15-18)13-16-6-2-1-3-7-16/h1-9,12,15H,10-11,13-14H2. The molecule has 126 valence electrons. The number of carbonyl (C=O) groups excluding carboxylic acids is 1. The van der Waals surface area contributed by atoms with Crippen molar-refractivity contribution in [2.75, 3.05) is 13.2 Å². The Labute approximate surface area is 146 Å². The summed E-state index contributed by atoms with van der Waals surface area (Å²) >= 11 is 0. The van der Waals surface area contributed by atoms with Crippen LogP contribution in [0.1, 0.15) is 21.5 Å². The minimum Gasteiger partial charge on any atom is -0.491 e. The van der Waals surface area contributed by atoms with Crippen molar-refractivity contribution < 1.29 is 9.53 Å². The van der Waals surface area contributed by atoms with E-state index >= 15 is 0 Å². The first-order valence-corrected chi connectivity index (χ1v) is 8.36. The van der Waals surface area contributed by atoms with Gasteiger partial charge in [-0.1, -0.05) is 48.5 Å². The van der Waals surface area contributed by atoms with E-state index in [0.29, 0.717) is 31.8 Å². The number of amides is 1. The zero-order valence-electron chi connectivity index (χ0n) is 13.8. The highest BCUT2D eigenvalue weighted by atomic mass is 16.5. The zero-order valence-corrected chi connectivity index (χ0v) is 13.8. The van der Waals surface area contributed by atoms with E-state index in [9.17, 15) is 4.79 Å². The van der Waals surface area contributed by atoms with E-state index in [1.165, 1.54) is 0 Å². The molecule has 25 heavy (non-hydrogen) atoms. The van der Waals surface area contributed by atoms with Crippen LogP contribution in [0.2, 0.25) is 0 Å². The van der Waals surface area contributed by atoms with Gasteiger partial charge in [0.05, 0.1) is 24.8 Å². The summed E-state index contributed by atoms with van der Waals surface area (Å²) in [6.07, 6.45) is 3.45. The Morgan fingerprint density at radius 3 is 2.76 bits per heavy atom. The number of carbonyl (C=O) groups is 1. The Morgan fingerprint density at radius 2 is 1.88 bits per heavy atom. The highest BCUT2D eigenvalue weighted by molar-refractivity contribution is 5.93. The van der Waals surface area contributed by atoms with E-state index < -0.39 is 0 Å². The fourth-order valence-electron chi connectivity index (χ4n) is 3.01. The number of ether oxygens (including phenoxy) is 1. The number of fused-ring (bicyclic) bond motifs is 1. The molecular weight excluding hydrogens is 314 g/mol. The quantitative estimate of drug-likeness (QED) is 0.740. The second kappa shape index (κ2) is 6.81. The predicted molar refractivity (Wildman–Crippen MR) is 94.4 cm³/mol. The summed E-state index contributed by atoms with van der Waals surface area (Å²) < 4.78 is 7.53. The molecule has 0 bridgehead atoms. The maximum atomic E-state index is 12.8. The van der Waals surface area contributed by atoms with Crippen molar-refractivity contribution in [3.8, 4) is 5.75 Å². The minimum absolute atomic E-state index is 0.0142. The molecule has 4 rings (SSSR count). The van der Waals surface area contributed by atoms with Crippen molar-refractivity contribution in [1.82, 2.24) is 14.7 Å². The van der Waals surface area contributed by atoms with Gasteiger partial charge >= 0.3 is 0 Å². The number of rotatable bonds is 3. The number of nitrogens with zero attached hydrogens (tertiary/aromatic N) is 3. The van der Waals surface area contributed by atoms with Crippen molar-refractivity contribution in [3.63, 3.8) is 0 Å². The molecule has 0 radical (unpaired) electrons. The zero-order chi connectivity index (χ0) is 17.1. The first-order chi connectivity index (χ1) is 12.3. The molecule has 1 aliphatic heterocycles. The van der Waals surface area contributed by atoms with E-state index in [2.05, 4.69) is 5.10 Å². The summed E-state index contributed by atoms with van der Waals surface area (Å²) in [6.45, 7) is 2.28. The van der Waals surface area contributed by atoms with Gasteiger partial charge in [0.25, 0.3) is 5.91 Å². The molecule has 0 fully saturated rings. The lowest BCUT2D eigenvalue weighted by molar-refractivity contribution is 0.0733. The minimum atomic E-state index is -0.0142. The molecular formula is C20H19N3O2. The molecule has 2 heterocycles. The molecule has 1 aromatic heterocycles. The Bertz CT molecular complexity index is 873. The lowest BCUT2D eigenvalue weighted by Crippen LogP contribution is -2.32. The molecule has 0 atom stereocenters. The van der Waals surface area contributed by atoms with Crippen LogP contribution in [0.3, 0.4) is 0 Å². The molecule has 1 aliphatic rings. The van der Waals surface area contributed by atoms with Crippen LogP contribution in [-0.4, -0.2) is 33.7 Å². The topological polar surface area (TPSA) is 47.4 Å². The van der Waals surface area contributed by atoms with E-state index in [0.717, 1.165) is 16.9 Å². The van der Waals surface area contributed by atoms with Crippen molar-refractivity contribution in [1.29, 1.82) is 0 Å². The fraction of sp³-hybridized carbons (Fsp3) is 0.200. The Kier molecular flexibility index (Phi) is 4.21. The summed E-state index contributed by atoms with van der Waals surface area (Å²) in [6, 6.07) is 17.9. The third-order valence-corrected chi connectivity index (χ3v) is 4.31. The van der Waals surface area contributed by atoms with Gasteiger partial charge in [-0.15, -0.1) is 0 Å². The molecule has 2 aromatic carbocycles. The molecule has 0 saturated carbocycles. The highest BCUT2D eigenvalue weighted by Crippen LogP contribution is 2.23. The van der Waals surface area contributed by atoms with Gasteiger partial charge in [0, 0.05) is 18.3 Å². The van der Waals surface area contributed by atoms with Crippen LogP contribution in [0, 0.1) is 0 Å². The van der Waals surface area contributed by atoms with Gasteiger partial charge in [-0.25, -0.2) is 0 Å². The Hall–Kier alpha value is -3.08. The summed E-state index contributed by atoms with van der Waals surface area (Å²) in [7, 11) is 0. The van der Waals surface area contributed by atoms with Crippen molar-refractivity contribution in [2.45, 2.75) is 13.1 Å². The molecule has 3 aromatic rings. The van der Waals surface area contributed by atoms with E-state index in [1.54, 1.807) is 10.9 Å². The van der Waals surface area contributed by atoms with Gasteiger partial charge in [0.1, 0.15) is 12.4 Å². The number of benzene rings is 2. The van der Waals surface area contributed by atoms with Crippen LogP contribution >= 0.6 is 0 Å². The summed E-state index contributed by atoms with van der Waals surface area (Å²) in [5, 5.41) is 4.33. The van der Waals surface area contributed by atoms with Crippen LogP contribution in [0.15, 0.2) is 67.0 Å². The van der Waals surface area contributed by atoms with Crippen LogP contribution < -0.4 is 4.74 Å². The van der Waals surface area contributed by atoms with Crippen molar-refractivity contribution in [3.05, 3.63) is 83.7 Å². The lowest BCUT2D eigenvalue weighted by atomic mass is 10.2. The van der Waals surface area contributed by atoms with Gasteiger partial charge in [-0.05, 0) is 11.6 Å². The van der Waals surface area contributed by atoms with Gasteiger partial charge in [0.15, 0.2) is 0 Å².